The zero-order valence-electron chi connectivity index (χ0n) is 8.67. The number of likely N-dealkylation sites (N-methyl/N-ethyl adjacent to an activating group) is 1. The Hall–Kier alpha value is 0.0719. The number of likely N-dealkylation sites (tertiary alicyclic amines) is 1. The Kier molecular flexibility index (Phi) is 2.49. The molecule has 0 saturated carbocycles. The van der Waals surface area contributed by atoms with Gasteiger partial charge in [0, 0.05) is 36.8 Å². The first-order valence-electron chi connectivity index (χ1n) is 4.87. The van der Waals surface area contributed by atoms with E-state index in [0.29, 0.717) is 5.92 Å². The third kappa shape index (κ3) is 1.14. The second kappa shape index (κ2) is 3.29. The van der Waals surface area contributed by atoms with E-state index in [1.807, 2.05) is 0 Å². The van der Waals surface area contributed by atoms with Gasteiger partial charge in [0.2, 0.25) is 0 Å². The van der Waals surface area contributed by atoms with Gasteiger partial charge >= 0.3 is 0 Å². The molecule has 1 heterocycles. The van der Waals surface area contributed by atoms with Gasteiger partial charge in [0.25, 0.3) is 0 Å². The normalized spacial score (nSPS) is 33.4. The second-order valence-corrected chi connectivity index (χ2v) is 4.34. The molecule has 0 amide bonds. The van der Waals surface area contributed by atoms with E-state index in [1.165, 1.54) is 23.3 Å². The molecule has 0 spiro atoms. The van der Waals surface area contributed by atoms with Crippen LogP contribution in [0.5, 0.6) is 0 Å². The van der Waals surface area contributed by atoms with Gasteiger partial charge in [-0.15, -0.1) is 5.92 Å². The van der Waals surface area contributed by atoms with Crippen molar-refractivity contribution in [3.8, 4) is 0 Å². The number of hydrogen-bond acceptors (Lipinski definition) is 1. The SMILES string of the molecule is C=C1C2=C3CC(C=C3C)C2[CH-]N1C.[U]. The van der Waals surface area contributed by atoms with Gasteiger partial charge in [0.1, 0.15) is 0 Å². The van der Waals surface area contributed by atoms with Gasteiger partial charge in [-0.1, -0.05) is 18.2 Å². The molecule has 3 aliphatic rings. The Labute approximate surface area is 109 Å². The van der Waals surface area contributed by atoms with Crippen LogP contribution in [0.3, 0.4) is 0 Å². The van der Waals surface area contributed by atoms with Crippen LogP contribution >= 0.6 is 0 Å². The summed E-state index contributed by atoms with van der Waals surface area (Å²) in [7, 11) is 2.10. The summed E-state index contributed by atoms with van der Waals surface area (Å²) >= 11 is 0. The van der Waals surface area contributed by atoms with E-state index in [9.17, 15) is 0 Å². The molecule has 14 heavy (non-hydrogen) atoms. The molecule has 2 unspecified atom stereocenters. The molecule has 0 aromatic heterocycles. The van der Waals surface area contributed by atoms with Crippen LogP contribution in [0.1, 0.15) is 13.3 Å². The van der Waals surface area contributed by atoms with Crippen LogP contribution in [-0.4, -0.2) is 11.9 Å². The maximum absolute atomic E-state index is 4.14. The molecule has 0 aromatic carbocycles. The number of allylic oxidation sites excluding steroid dienone is 4. The van der Waals surface area contributed by atoms with E-state index in [1.54, 1.807) is 5.57 Å². The summed E-state index contributed by atoms with van der Waals surface area (Å²) < 4.78 is 0. The molecule has 72 valence electrons. The fourth-order valence-corrected chi connectivity index (χ4v) is 2.92. The fourth-order valence-electron chi connectivity index (χ4n) is 2.92. The van der Waals surface area contributed by atoms with E-state index in [-0.39, 0.29) is 31.1 Å². The van der Waals surface area contributed by atoms with Crippen molar-refractivity contribution in [3.63, 3.8) is 0 Å². The number of nitrogens with zero attached hydrogens (tertiary/aromatic N) is 1. The van der Waals surface area contributed by atoms with Gasteiger partial charge in [-0.25, -0.2) is 6.54 Å². The predicted octanol–water partition coefficient (Wildman–Crippen LogP) is 2.50. The van der Waals surface area contributed by atoms with Crippen LogP contribution in [0.4, 0.5) is 0 Å². The summed E-state index contributed by atoms with van der Waals surface area (Å²) in [5.74, 6) is 1.39. The van der Waals surface area contributed by atoms with Crippen LogP contribution < -0.4 is 0 Å². The predicted molar refractivity (Wildman–Crippen MR) is 53.6 cm³/mol. The van der Waals surface area contributed by atoms with Gasteiger partial charge in [0.05, 0.1) is 0 Å². The fraction of sp³-hybridized carbons (Fsp3) is 0.417. The van der Waals surface area contributed by atoms with Crippen molar-refractivity contribution in [2.45, 2.75) is 13.3 Å². The molecule has 0 aromatic rings. The summed E-state index contributed by atoms with van der Waals surface area (Å²) in [6.45, 7) is 8.68. The first-order chi connectivity index (χ1) is 6.18. The minimum atomic E-state index is 0. The van der Waals surface area contributed by atoms with Crippen LogP contribution in [-0.2, 0) is 0 Å². The van der Waals surface area contributed by atoms with Gasteiger partial charge in [-0.3, -0.25) is 0 Å². The molecular weight excluding hydrogens is 396 g/mol. The quantitative estimate of drug-likeness (QED) is 0.555. The van der Waals surface area contributed by atoms with E-state index in [2.05, 4.69) is 38.1 Å². The summed E-state index contributed by atoms with van der Waals surface area (Å²) in [6.07, 6.45) is 3.68. The smallest absolute Gasteiger partial charge is 0.000830 e. The van der Waals surface area contributed by atoms with Crippen molar-refractivity contribution in [1.29, 1.82) is 0 Å². The van der Waals surface area contributed by atoms with Crippen molar-refractivity contribution in [2.24, 2.45) is 11.8 Å². The van der Waals surface area contributed by atoms with E-state index < -0.39 is 0 Å². The van der Waals surface area contributed by atoms with Crippen molar-refractivity contribution < 1.29 is 31.1 Å². The van der Waals surface area contributed by atoms with Crippen molar-refractivity contribution in [3.05, 3.63) is 41.6 Å². The third-order valence-corrected chi connectivity index (χ3v) is 3.62. The molecule has 1 saturated heterocycles. The Morgan fingerprint density at radius 1 is 1.57 bits per heavy atom. The molecular formula is C12H14NU-. The minimum absolute atomic E-state index is 0. The van der Waals surface area contributed by atoms with Crippen LogP contribution in [0, 0.1) is 49.5 Å². The summed E-state index contributed by atoms with van der Waals surface area (Å²) in [6, 6.07) is 0. The number of hydrogen-bond donors (Lipinski definition) is 0. The average Bonchev–Trinajstić information content (AvgIpc) is 2.66. The summed E-state index contributed by atoms with van der Waals surface area (Å²) in [4.78, 5) is 2.18. The van der Waals surface area contributed by atoms with Gasteiger partial charge < -0.3 is 4.90 Å². The molecule has 1 aliphatic heterocycles. The molecule has 2 bridgehead atoms. The molecule has 1 fully saturated rings. The van der Waals surface area contributed by atoms with Gasteiger partial charge in [-0.05, 0) is 37.5 Å². The zero-order valence-corrected chi connectivity index (χ0v) is 12.8. The molecule has 0 radical (unpaired) electrons. The Bertz CT molecular complexity index is 365. The average molecular weight is 410 g/mol. The van der Waals surface area contributed by atoms with E-state index in [0.717, 1.165) is 5.92 Å². The number of rotatable bonds is 0. The largest absolute Gasteiger partial charge is 0.525 e. The maximum atomic E-state index is 4.14. The van der Waals surface area contributed by atoms with Gasteiger partial charge in [-0.2, -0.15) is 0 Å². The Balaban J connectivity index is 0.000000750. The monoisotopic (exact) mass is 410 g/mol. The minimum Gasteiger partial charge on any atom is -0.525 e. The maximum Gasteiger partial charge on any atom is 0.000830 e. The van der Waals surface area contributed by atoms with Crippen LogP contribution in [0.2, 0.25) is 0 Å². The van der Waals surface area contributed by atoms with Crippen LogP contribution in [0.25, 0.3) is 0 Å². The van der Waals surface area contributed by atoms with Gasteiger partial charge in [0.15, 0.2) is 0 Å². The third-order valence-electron chi connectivity index (χ3n) is 3.62. The topological polar surface area (TPSA) is 3.24 Å². The molecule has 3 rings (SSSR count). The summed E-state index contributed by atoms with van der Waals surface area (Å²) in [5, 5.41) is 0. The molecule has 1 nitrogen and oxygen atoms in total. The zero-order chi connectivity index (χ0) is 9.16. The summed E-state index contributed by atoms with van der Waals surface area (Å²) in [5.41, 5.74) is 5.80. The van der Waals surface area contributed by atoms with Crippen molar-refractivity contribution in [2.75, 3.05) is 7.05 Å². The first kappa shape index (κ1) is 10.6. The number of fused-ring (bicyclic) bond motifs is 4. The van der Waals surface area contributed by atoms with Crippen molar-refractivity contribution in [1.82, 2.24) is 4.90 Å². The second-order valence-electron chi connectivity index (χ2n) is 4.34. The van der Waals surface area contributed by atoms with E-state index in [4.69, 9.17) is 0 Å². The Morgan fingerprint density at radius 3 is 3.00 bits per heavy atom. The Morgan fingerprint density at radius 2 is 2.29 bits per heavy atom. The van der Waals surface area contributed by atoms with E-state index >= 15 is 0 Å². The van der Waals surface area contributed by atoms with Crippen LogP contribution in [0.15, 0.2) is 35.1 Å². The van der Waals surface area contributed by atoms with Crippen molar-refractivity contribution >= 4 is 0 Å². The molecule has 2 heteroatoms. The molecule has 2 aliphatic carbocycles. The molecule has 2 atom stereocenters. The first-order valence-corrected chi connectivity index (χ1v) is 4.87. The standard InChI is InChI=1S/C12H14N.U/c1-7-4-9-5-10(7)12-8(2)13(3)6-11(9)12;/h4,6,9,11H,2,5H2,1,3H3;/q-1;. The molecule has 0 N–H and O–H groups in total.